The van der Waals surface area contributed by atoms with Crippen molar-refractivity contribution in [2.45, 2.75) is 32.8 Å². The third kappa shape index (κ3) is 5.47. The van der Waals surface area contributed by atoms with Crippen LogP contribution in [0.2, 0.25) is 5.02 Å². The molecule has 2 heterocycles. The number of rotatable bonds is 7. The van der Waals surface area contributed by atoms with Crippen molar-refractivity contribution >= 4 is 40.4 Å². The summed E-state index contributed by atoms with van der Waals surface area (Å²) in [5.74, 6) is 0.473. The highest BCUT2D eigenvalue weighted by Gasteiger charge is 2.23. The summed E-state index contributed by atoms with van der Waals surface area (Å²) in [5, 5.41) is 6.23. The Labute approximate surface area is 196 Å². The predicted octanol–water partition coefficient (Wildman–Crippen LogP) is 5.10. The lowest BCUT2D eigenvalue weighted by atomic mass is 10.1. The van der Waals surface area contributed by atoms with Crippen LogP contribution >= 0.6 is 22.9 Å². The first kappa shape index (κ1) is 22.3. The second kappa shape index (κ2) is 10.1. The molecule has 6 nitrogen and oxygen atoms in total. The molecule has 1 fully saturated rings. The van der Waals surface area contributed by atoms with Gasteiger partial charge < -0.3 is 15.0 Å². The fourth-order valence-corrected chi connectivity index (χ4v) is 4.45. The molecule has 0 bridgehead atoms. The zero-order chi connectivity index (χ0) is 22.5. The molecule has 0 unspecified atom stereocenters. The van der Waals surface area contributed by atoms with Crippen molar-refractivity contribution in [2.75, 3.05) is 18.4 Å². The minimum Gasteiger partial charge on any atom is -0.486 e. The Bertz CT molecular complexity index is 1110. The first-order chi connectivity index (χ1) is 15.5. The van der Waals surface area contributed by atoms with Crippen LogP contribution in [0.5, 0.6) is 5.75 Å². The molecule has 32 heavy (non-hydrogen) atoms. The maximum atomic E-state index is 12.9. The van der Waals surface area contributed by atoms with E-state index in [0.29, 0.717) is 34.3 Å². The van der Waals surface area contributed by atoms with Gasteiger partial charge in [-0.15, -0.1) is 11.3 Å². The van der Waals surface area contributed by atoms with Gasteiger partial charge in [0.1, 0.15) is 17.4 Å². The largest absolute Gasteiger partial charge is 0.486 e. The zero-order valence-electron chi connectivity index (χ0n) is 17.8. The standard InChI is InChI=1S/C24H24ClN3O3S/c1-16-5-4-6-20(24(30)28-11-2-3-12-28)23(16)27-21(29)13-18-15-32-22(26-18)14-31-19-9-7-17(25)8-10-19/h4-10,15H,2-3,11-14H2,1H3,(H,27,29). The second-order valence-corrected chi connectivity index (χ2v) is 9.08. The van der Waals surface area contributed by atoms with Crippen LogP contribution in [0.4, 0.5) is 5.69 Å². The van der Waals surface area contributed by atoms with Crippen molar-refractivity contribution in [1.82, 2.24) is 9.88 Å². The number of nitrogens with one attached hydrogen (secondary N) is 1. The first-order valence-corrected chi connectivity index (χ1v) is 11.8. The van der Waals surface area contributed by atoms with Gasteiger partial charge in [-0.3, -0.25) is 9.59 Å². The van der Waals surface area contributed by atoms with Gasteiger partial charge in [0.2, 0.25) is 5.91 Å². The number of anilines is 1. The van der Waals surface area contributed by atoms with E-state index in [0.717, 1.165) is 36.5 Å². The molecule has 1 aromatic heterocycles. The zero-order valence-corrected chi connectivity index (χ0v) is 19.3. The van der Waals surface area contributed by atoms with Crippen LogP contribution in [0.25, 0.3) is 0 Å². The summed E-state index contributed by atoms with van der Waals surface area (Å²) in [6.07, 6.45) is 2.17. The van der Waals surface area contributed by atoms with Gasteiger partial charge >= 0.3 is 0 Å². The van der Waals surface area contributed by atoms with Gasteiger partial charge in [-0.25, -0.2) is 4.98 Å². The van der Waals surface area contributed by atoms with Gasteiger partial charge in [0.15, 0.2) is 0 Å². The third-order valence-electron chi connectivity index (χ3n) is 5.28. The monoisotopic (exact) mass is 469 g/mol. The lowest BCUT2D eigenvalue weighted by Crippen LogP contribution is -2.29. The average Bonchev–Trinajstić information content (AvgIpc) is 3.47. The molecule has 0 radical (unpaired) electrons. The van der Waals surface area contributed by atoms with Gasteiger partial charge in [-0.05, 0) is 55.7 Å². The second-order valence-electron chi connectivity index (χ2n) is 7.70. The highest BCUT2D eigenvalue weighted by molar-refractivity contribution is 7.09. The molecular formula is C24H24ClN3O3S. The summed E-state index contributed by atoms with van der Waals surface area (Å²) in [7, 11) is 0. The average molecular weight is 470 g/mol. The normalized spacial score (nSPS) is 13.2. The molecule has 0 atom stereocenters. The third-order valence-corrected chi connectivity index (χ3v) is 6.40. The van der Waals surface area contributed by atoms with Gasteiger partial charge in [0.25, 0.3) is 5.91 Å². The number of ether oxygens (including phenoxy) is 1. The fourth-order valence-electron chi connectivity index (χ4n) is 3.62. The first-order valence-electron chi connectivity index (χ1n) is 10.5. The number of amides is 2. The van der Waals surface area contributed by atoms with E-state index in [1.807, 2.05) is 29.3 Å². The summed E-state index contributed by atoms with van der Waals surface area (Å²) in [6.45, 7) is 3.74. The molecule has 0 saturated carbocycles. The van der Waals surface area contributed by atoms with E-state index >= 15 is 0 Å². The number of halogens is 1. The maximum absolute atomic E-state index is 12.9. The van der Waals surface area contributed by atoms with Gasteiger partial charge in [-0.1, -0.05) is 23.7 Å². The number of likely N-dealkylation sites (tertiary alicyclic amines) is 1. The fraction of sp³-hybridized carbons (Fsp3) is 0.292. The van der Waals surface area contributed by atoms with E-state index in [9.17, 15) is 9.59 Å². The molecule has 2 amide bonds. The number of hydrogen-bond donors (Lipinski definition) is 1. The topological polar surface area (TPSA) is 71.5 Å². The van der Waals surface area contributed by atoms with Crippen molar-refractivity contribution in [3.8, 4) is 5.75 Å². The van der Waals surface area contributed by atoms with Crippen molar-refractivity contribution in [3.05, 3.63) is 74.7 Å². The van der Waals surface area contributed by atoms with Gasteiger partial charge in [0.05, 0.1) is 23.4 Å². The Morgan fingerprint density at radius 2 is 1.91 bits per heavy atom. The van der Waals surface area contributed by atoms with Crippen LogP contribution in [-0.2, 0) is 17.8 Å². The molecule has 1 N–H and O–H groups in total. The Balaban J connectivity index is 1.38. The lowest BCUT2D eigenvalue weighted by molar-refractivity contribution is -0.115. The lowest BCUT2D eigenvalue weighted by Gasteiger charge is -2.19. The van der Waals surface area contributed by atoms with Crippen LogP contribution in [-0.4, -0.2) is 34.8 Å². The molecular weight excluding hydrogens is 446 g/mol. The summed E-state index contributed by atoms with van der Waals surface area (Å²) in [6, 6.07) is 12.7. The van der Waals surface area contributed by atoms with Crippen LogP contribution < -0.4 is 10.1 Å². The molecule has 8 heteroatoms. The van der Waals surface area contributed by atoms with Crippen molar-refractivity contribution in [3.63, 3.8) is 0 Å². The number of aryl methyl sites for hydroxylation is 1. The smallest absolute Gasteiger partial charge is 0.255 e. The Hall–Kier alpha value is -2.90. The summed E-state index contributed by atoms with van der Waals surface area (Å²) < 4.78 is 5.71. The summed E-state index contributed by atoms with van der Waals surface area (Å²) in [4.78, 5) is 32.0. The SMILES string of the molecule is Cc1cccc(C(=O)N2CCCC2)c1NC(=O)Cc1csc(COc2ccc(Cl)cc2)n1. The number of thiazole rings is 1. The van der Waals surface area contributed by atoms with Crippen molar-refractivity contribution in [1.29, 1.82) is 0 Å². The van der Waals surface area contributed by atoms with E-state index in [-0.39, 0.29) is 18.2 Å². The molecule has 0 aliphatic carbocycles. The van der Waals surface area contributed by atoms with Crippen molar-refractivity contribution < 1.29 is 14.3 Å². The number of para-hydroxylation sites is 1. The van der Waals surface area contributed by atoms with Gasteiger partial charge in [-0.2, -0.15) is 0 Å². The Kier molecular flexibility index (Phi) is 7.07. The summed E-state index contributed by atoms with van der Waals surface area (Å²) in [5.41, 5.74) is 2.65. The molecule has 4 rings (SSSR count). The number of carbonyl (C=O) groups is 2. The van der Waals surface area contributed by atoms with E-state index < -0.39 is 0 Å². The highest BCUT2D eigenvalue weighted by Crippen LogP contribution is 2.24. The van der Waals surface area contributed by atoms with Crippen LogP contribution in [0.15, 0.2) is 47.8 Å². The number of benzene rings is 2. The number of hydrogen-bond acceptors (Lipinski definition) is 5. The van der Waals surface area contributed by atoms with E-state index in [1.54, 1.807) is 30.3 Å². The molecule has 0 spiro atoms. The molecule has 3 aromatic rings. The number of carbonyl (C=O) groups excluding carboxylic acids is 2. The molecule has 1 aliphatic rings. The van der Waals surface area contributed by atoms with Crippen LogP contribution in [0.3, 0.4) is 0 Å². The van der Waals surface area contributed by atoms with Crippen LogP contribution in [0, 0.1) is 6.92 Å². The quantitative estimate of drug-likeness (QED) is 0.522. The number of nitrogens with zero attached hydrogens (tertiary/aromatic N) is 2. The van der Waals surface area contributed by atoms with Crippen molar-refractivity contribution in [2.24, 2.45) is 0 Å². The van der Waals surface area contributed by atoms with E-state index in [1.165, 1.54) is 11.3 Å². The Morgan fingerprint density at radius 3 is 2.66 bits per heavy atom. The van der Waals surface area contributed by atoms with Crippen LogP contribution in [0.1, 0.15) is 39.5 Å². The highest BCUT2D eigenvalue weighted by atomic mass is 35.5. The van der Waals surface area contributed by atoms with Gasteiger partial charge in [0, 0.05) is 23.5 Å². The predicted molar refractivity (Wildman–Crippen MR) is 127 cm³/mol. The minimum atomic E-state index is -0.203. The van der Waals surface area contributed by atoms with E-state index in [2.05, 4.69) is 10.3 Å². The minimum absolute atomic E-state index is 0.0307. The molecule has 1 aliphatic heterocycles. The Morgan fingerprint density at radius 1 is 1.16 bits per heavy atom. The molecule has 2 aromatic carbocycles. The number of aromatic nitrogens is 1. The molecule has 1 saturated heterocycles. The summed E-state index contributed by atoms with van der Waals surface area (Å²) >= 11 is 7.33. The van der Waals surface area contributed by atoms with E-state index in [4.69, 9.17) is 16.3 Å². The maximum Gasteiger partial charge on any atom is 0.255 e. The molecule has 166 valence electrons.